The Balaban J connectivity index is 2.30. The molecule has 0 aliphatic heterocycles. The molecule has 0 aromatic heterocycles. The van der Waals surface area contributed by atoms with Gasteiger partial charge in [0.2, 0.25) is 0 Å². The molecular formula is C11H13F4NO. The summed E-state index contributed by atoms with van der Waals surface area (Å²) in [6, 6.07) is 5.48. The van der Waals surface area contributed by atoms with E-state index in [9.17, 15) is 17.6 Å². The second-order valence-electron chi connectivity index (χ2n) is 3.75. The monoisotopic (exact) mass is 251 g/mol. The lowest BCUT2D eigenvalue weighted by Crippen LogP contribution is -2.32. The van der Waals surface area contributed by atoms with Gasteiger partial charge in [-0.15, -0.1) is 0 Å². The van der Waals surface area contributed by atoms with Crippen molar-refractivity contribution < 1.29 is 22.4 Å². The molecule has 0 heterocycles. The molecule has 0 aliphatic rings. The van der Waals surface area contributed by atoms with Crippen LogP contribution >= 0.6 is 0 Å². The third-order valence-electron chi connectivity index (χ3n) is 1.98. The molecule has 1 rings (SSSR count). The summed E-state index contributed by atoms with van der Waals surface area (Å²) >= 11 is 0. The average Bonchev–Trinajstić information content (AvgIpc) is 2.19. The van der Waals surface area contributed by atoms with Crippen LogP contribution in [0.5, 0.6) is 0 Å². The van der Waals surface area contributed by atoms with Gasteiger partial charge in [-0.2, -0.15) is 18.7 Å². The lowest BCUT2D eigenvalue weighted by Gasteiger charge is -2.14. The summed E-state index contributed by atoms with van der Waals surface area (Å²) in [6.07, 6.45) is -3.89. The Kier molecular flexibility index (Phi) is 4.89. The fourth-order valence-electron chi connectivity index (χ4n) is 1.28. The number of alkyl halides is 3. The van der Waals surface area contributed by atoms with Gasteiger partial charge in [-0.1, -0.05) is 12.1 Å². The summed E-state index contributed by atoms with van der Waals surface area (Å²) in [5.74, 6) is -0.345. The minimum atomic E-state index is -4.34. The van der Waals surface area contributed by atoms with Crippen LogP contribution in [-0.4, -0.2) is 18.8 Å². The van der Waals surface area contributed by atoms with Crippen molar-refractivity contribution in [3.8, 4) is 0 Å². The predicted molar refractivity (Wildman–Crippen MR) is 54.7 cm³/mol. The molecule has 1 unspecified atom stereocenters. The van der Waals surface area contributed by atoms with Crippen LogP contribution in [-0.2, 0) is 11.3 Å². The molecule has 1 aromatic rings. The van der Waals surface area contributed by atoms with E-state index < -0.39 is 12.8 Å². The highest BCUT2D eigenvalue weighted by molar-refractivity contribution is 5.16. The number of benzene rings is 1. The third-order valence-corrected chi connectivity index (χ3v) is 1.98. The highest BCUT2D eigenvalue weighted by atomic mass is 19.4. The first-order valence-corrected chi connectivity index (χ1v) is 5.05. The van der Waals surface area contributed by atoms with E-state index in [1.165, 1.54) is 12.1 Å². The minimum absolute atomic E-state index is 0.289. The summed E-state index contributed by atoms with van der Waals surface area (Å²) in [4.78, 5) is 4.31. The van der Waals surface area contributed by atoms with Crippen LogP contribution in [0.25, 0.3) is 0 Å². The molecule has 2 nitrogen and oxygen atoms in total. The number of halogens is 4. The zero-order chi connectivity index (χ0) is 12.9. The lowest BCUT2D eigenvalue weighted by atomic mass is 10.1. The van der Waals surface area contributed by atoms with Crippen LogP contribution in [0.2, 0.25) is 0 Å². The maximum absolute atomic E-state index is 12.6. The van der Waals surface area contributed by atoms with E-state index in [0.717, 1.165) is 5.56 Å². The molecule has 0 saturated carbocycles. The zero-order valence-electron chi connectivity index (χ0n) is 9.22. The van der Waals surface area contributed by atoms with Crippen LogP contribution in [0.15, 0.2) is 24.3 Å². The molecule has 1 atom stereocenters. The quantitative estimate of drug-likeness (QED) is 0.641. The van der Waals surface area contributed by atoms with E-state index >= 15 is 0 Å². The maximum atomic E-state index is 12.6. The van der Waals surface area contributed by atoms with Gasteiger partial charge < -0.3 is 0 Å². The summed E-state index contributed by atoms with van der Waals surface area (Å²) in [5.41, 5.74) is 3.11. The Bertz CT molecular complexity index is 336. The van der Waals surface area contributed by atoms with Gasteiger partial charge in [0, 0.05) is 6.04 Å². The standard InChI is InChI=1S/C11H13F4NO/c1-8(16-17-7-11(13,14)15)6-9-2-4-10(12)5-3-9/h2-5,8,16H,6-7H2,1H3. The van der Waals surface area contributed by atoms with Gasteiger partial charge in [-0.3, -0.25) is 4.84 Å². The second kappa shape index (κ2) is 5.97. The van der Waals surface area contributed by atoms with E-state index in [0.29, 0.717) is 6.42 Å². The van der Waals surface area contributed by atoms with Gasteiger partial charge in [0.25, 0.3) is 0 Å². The second-order valence-corrected chi connectivity index (χ2v) is 3.75. The molecule has 1 N–H and O–H groups in total. The molecule has 0 amide bonds. The van der Waals surface area contributed by atoms with Crippen molar-refractivity contribution in [2.24, 2.45) is 0 Å². The van der Waals surface area contributed by atoms with Gasteiger partial charge in [-0.05, 0) is 31.0 Å². The van der Waals surface area contributed by atoms with E-state index in [-0.39, 0.29) is 11.9 Å². The predicted octanol–water partition coefficient (Wildman–Crippen LogP) is 2.84. The number of nitrogens with one attached hydrogen (secondary N) is 1. The highest BCUT2D eigenvalue weighted by Crippen LogP contribution is 2.14. The van der Waals surface area contributed by atoms with Crippen LogP contribution in [0.4, 0.5) is 17.6 Å². The highest BCUT2D eigenvalue weighted by Gasteiger charge is 2.27. The van der Waals surface area contributed by atoms with Gasteiger partial charge in [0.15, 0.2) is 6.61 Å². The average molecular weight is 251 g/mol. The number of rotatable bonds is 5. The Morgan fingerprint density at radius 1 is 1.24 bits per heavy atom. The van der Waals surface area contributed by atoms with Crippen molar-refractivity contribution in [3.63, 3.8) is 0 Å². The SMILES string of the molecule is CC(Cc1ccc(F)cc1)NOCC(F)(F)F. The van der Waals surface area contributed by atoms with Gasteiger partial charge in [0.05, 0.1) is 0 Å². The Hall–Kier alpha value is -1.14. The van der Waals surface area contributed by atoms with Gasteiger partial charge in [-0.25, -0.2) is 4.39 Å². The van der Waals surface area contributed by atoms with E-state index in [4.69, 9.17) is 0 Å². The molecule has 0 radical (unpaired) electrons. The first kappa shape index (κ1) is 13.9. The smallest absolute Gasteiger partial charge is 0.292 e. The first-order chi connectivity index (χ1) is 7.87. The molecule has 0 bridgehead atoms. The van der Waals surface area contributed by atoms with Crippen LogP contribution in [0.1, 0.15) is 12.5 Å². The fourth-order valence-corrected chi connectivity index (χ4v) is 1.28. The summed E-state index contributed by atoms with van der Waals surface area (Å²) in [5, 5.41) is 0. The molecule has 0 saturated heterocycles. The van der Waals surface area contributed by atoms with Crippen molar-refractivity contribution >= 4 is 0 Å². The van der Waals surface area contributed by atoms with E-state index in [2.05, 4.69) is 10.3 Å². The first-order valence-electron chi connectivity index (χ1n) is 5.05. The Labute approximate surface area is 96.5 Å². The summed E-state index contributed by atoms with van der Waals surface area (Å²) in [6.45, 7) is 0.348. The van der Waals surface area contributed by atoms with E-state index in [1.54, 1.807) is 19.1 Å². The number of hydrogen-bond donors (Lipinski definition) is 1. The molecule has 17 heavy (non-hydrogen) atoms. The topological polar surface area (TPSA) is 21.3 Å². The van der Waals surface area contributed by atoms with Gasteiger partial charge >= 0.3 is 6.18 Å². The minimum Gasteiger partial charge on any atom is -0.292 e. The summed E-state index contributed by atoms with van der Waals surface area (Å²) in [7, 11) is 0. The van der Waals surface area contributed by atoms with Crippen LogP contribution in [0, 0.1) is 5.82 Å². The van der Waals surface area contributed by atoms with E-state index in [1.807, 2.05) is 0 Å². The normalized spacial score (nSPS) is 13.7. The third kappa shape index (κ3) is 6.23. The van der Waals surface area contributed by atoms with Gasteiger partial charge in [0.1, 0.15) is 5.82 Å². The molecular weight excluding hydrogens is 238 g/mol. The molecule has 0 fully saturated rings. The van der Waals surface area contributed by atoms with Crippen molar-refractivity contribution in [1.82, 2.24) is 5.48 Å². The Morgan fingerprint density at radius 3 is 2.35 bits per heavy atom. The van der Waals surface area contributed by atoms with Crippen molar-refractivity contribution in [2.45, 2.75) is 25.6 Å². The van der Waals surface area contributed by atoms with Crippen LogP contribution < -0.4 is 5.48 Å². The van der Waals surface area contributed by atoms with Crippen LogP contribution in [0.3, 0.4) is 0 Å². The lowest BCUT2D eigenvalue weighted by molar-refractivity contribution is -0.192. The summed E-state index contributed by atoms with van der Waals surface area (Å²) < 4.78 is 47.9. The molecule has 96 valence electrons. The number of hydrogen-bond acceptors (Lipinski definition) is 2. The zero-order valence-corrected chi connectivity index (χ0v) is 9.22. The van der Waals surface area contributed by atoms with Crippen molar-refractivity contribution in [2.75, 3.05) is 6.61 Å². The largest absolute Gasteiger partial charge is 0.413 e. The molecule has 1 aromatic carbocycles. The molecule has 0 spiro atoms. The Morgan fingerprint density at radius 2 is 1.82 bits per heavy atom. The van der Waals surface area contributed by atoms with Crippen molar-refractivity contribution in [3.05, 3.63) is 35.6 Å². The number of hydroxylamine groups is 1. The maximum Gasteiger partial charge on any atom is 0.413 e. The van der Waals surface area contributed by atoms with Crippen molar-refractivity contribution in [1.29, 1.82) is 0 Å². The fraction of sp³-hybridized carbons (Fsp3) is 0.455. The molecule has 0 aliphatic carbocycles. The molecule has 6 heteroatoms.